The van der Waals surface area contributed by atoms with Crippen LogP contribution in [0.4, 0.5) is 10.1 Å². The third-order valence-corrected chi connectivity index (χ3v) is 4.29. The monoisotopic (exact) mass is 385 g/mol. The highest BCUT2D eigenvalue weighted by Crippen LogP contribution is 2.24. The first-order valence-corrected chi connectivity index (χ1v) is 8.62. The van der Waals surface area contributed by atoms with E-state index in [9.17, 15) is 9.18 Å². The number of carboxylic acid groups (broad SMARTS) is 1. The van der Waals surface area contributed by atoms with Gasteiger partial charge in [-0.3, -0.25) is 0 Å². The van der Waals surface area contributed by atoms with Crippen LogP contribution in [0.2, 0.25) is 5.02 Å². The smallest absolute Gasteiger partial charge is 0.337 e. The molecule has 0 bridgehead atoms. The van der Waals surface area contributed by atoms with E-state index in [-0.39, 0.29) is 16.4 Å². The van der Waals surface area contributed by atoms with Crippen LogP contribution in [-0.2, 0) is 13.2 Å². The summed E-state index contributed by atoms with van der Waals surface area (Å²) in [5, 5.41) is 12.5. The fourth-order valence-corrected chi connectivity index (χ4v) is 2.73. The Bertz CT molecular complexity index is 944. The van der Waals surface area contributed by atoms with E-state index < -0.39 is 5.97 Å². The molecule has 6 heteroatoms. The second-order valence-corrected chi connectivity index (χ2v) is 6.28. The number of ether oxygens (including phenoxy) is 1. The first-order valence-electron chi connectivity index (χ1n) is 8.25. The van der Waals surface area contributed by atoms with Crippen LogP contribution in [0.25, 0.3) is 0 Å². The molecule has 0 aliphatic rings. The van der Waals surface area contributed by atoms with Crippen molar-refractivity contribution in [3.63, 3.8) is 0 Å². The highest BCUT2D eigenvalue weighted by atomic mass is 35.5. The van der Waals surface area contributed by atoms with Gasteiger partial charge < -0.3 is 15.2 Å². The van der Waals surface area contributed by atoms with Crippen LogP contribution < -0.4 is 10.1 Å². The Hall–Kier alpha value is -3.05. The van der Waals surface area contributed by atoms with Crippen molar-refractivity contribution < 1.29 is 19.0 Å². The lowest BCUT2D eigenvalue weighted by Gasteiger charge is -2.13. The summed E-state index contributed by atoms with van der Waals surface area (Å²) in [6, 6.07) is 18.4. The Morgan fingerprint density at radius 2 is 1.81 bits per heavy atom. The van der Waals surface area contributed by atoms with E-state index in [0.717, 1.165) is 11.1 Å². The summed E-state index contributed by atoms with van der Waals surface area (Å²) in [7, 11) is 0. The van der Waals surface area contributed by atoms with Crippen LogP contribution in [0.1, 0.15) is 21.5 Å². The molecule has 0 aromatic heterocycles. The zero-order valence-electron chi connectivity index (χ0n) is 14.3. The van der Waals surface area contributed by atoms with Gasteiger partial charge in [0.15, 0.2) is 0 Å². The summed E-state index contributed by atoms with van der Waals surface area (Å²) in [4.78, 5) is 11.2. The highest BCUT2D eigenvalue weighted by molar-refractivity contribution is 6.33. The maximum absolute atomic E-state index is 13.0. The molecule has 0 saturated heterocycles. The number of benzene rings is 3. The summed E-state index contributed by atoms with van der Waals surface area (Å²) in [6.45, 7) is 0.766. The van der Waals surface area contributed by atoms with Gasteiger partial charge in [-0.25, -0.2) is 9.18 Å². The minimum Gasteiger partial charge on any atom is -0.489 e. The second-order valence-electron chi connectivity index (χ2n) is 5.88. The molecule has 0 radical (unpaired) electrons. The number of rotatable bonds is 7. The molecule has 3 aromatic rings. The van der Waals surface area contributed by atoms with Gasteiger partial charge in [0.25, 0.3) is 0 Å². The minimum atomic E-state index is -1.08. The molecule has 138 valence electrons. The molecule has 0 aliphatic carbocycles. The fraction of sp³-hybridized carbons (Fsp3) is 0.0952. The molecular formula is C21H17ClFNO3. The van der Waals surface area contributed by atoms with Crippen LogP contribution in [-0.4, -0.2) is 11.1 Å². The molecule has 0 amide bonds. The van der Waals surface area contributed by atoms with Crippen molar-refractivity contribution in [2.45, 2.75) is 13.2 Å². The predicted molar refractivity (Wildman–Crippen MR) is 103 cm³/mol. The molecule has 0 unspecified atom stereocenters. The molecule has 0 saturated carbocycles. The van der Waals surface area contributed by atoms with E-state index in [0.29, 0.717) is 24.6 Å². The Balaban J connectivity index is 1.68. The van der Waals surface area contributed by atoms with Crippen LogP contribution in [0, 0.1) is 5.82 Å². The van der Waals surface area contributed by atoms with Gasteiger partial charge in [-0.15, -0.1) is 0 Å². The highest BCUT2D eigenvalue weighted by Gasteiger charge is 2.10. The lowest BCUT2D eigenvalue weighted by atomic mass is 10.1. The van der Waals surface area contributed by atoms with E-state index in [1.165, 1.54) is 18.2 Å². The normalized spacial score (nSPS) is 10.4. The van der Waals surface area contributed by atoms with E-state index in [2.05, 4.69) is 5.32 Å². The van der Waals surface area contributed by atoms with E-state index >= 15 is 0 Å². The van der Waals surface area contributed by atoms with Gasteiger partial charge in [0.1, 0.15) is 18.2 Å². The number of hydrogen-bond donors (Lipinski definition) is 2. The first-order chi connectivity index (χ1) is 13.0. The summed E-state index contributed by atoms with van der Waals surface area (Å²) in [6.07, 6.45) is 0. The van der Waals surface area contributed by atoms with Gasteiger partial charge in [0.2, 0.25) is 0 Å². The number of carbonyl (C=O) groups is 1. The molecule has 3 rings (SSSR count). The Morgan fingerprint density at radius 1 is 1.07 bits per heavy atom. The van der Waals surface area contributed by atoms with E-state index in [1.807, 2.05) is 24.3 Å². The predicted octanol–water partition coefficient (Wildman–Crippen LogP) is 5.37. The average Bonchev–Trinajstić information content (AvgIpc) is 2.67. The van der Waals surface area contributed by atoms with Gasteiger partial charge >= 0.3 is 5.97 Å². The van der Waals surface area contributed by atoms with Crippen LogP contribution in [0.15, 0.2) is 66.7 Å². The first kappa shape index (κ1) is 18.7. The van der Waals surface area contributed by atoms with E-state index in [4.69, 9.17) is 21.4 Å². The number of nitrogens with one attached hydrogen (secondary N) is 1. The molecular weight excluding hydrogens is 369 g/mol. The van der Waals surface area contributed by atoms with Gasteiger partial charge in [-0.1, -0.05) is 41.9 Å². The quantitative estimate of drug-likeness (QED) is 0.574. The second kappa shape index (κ2) is 8.56. The molecule has 4 nitrogen and oxygen atoms in total. The molecule has 0 fully saturated rings. The molecule has 0 atom stereocenters. The van der Waals surface area contributed by atoms with Gasteiger partial charge in [0, 0.05) is 17.8 Å². The Morgan fingerprint density at radius 3 is 2.56 bits per heavy atom. The van der Waals surface area contributed by atoms with Crippen molar-refractivity contribution in [3.8, 4) is 5.75 Å². The standard InChI is InChI=1S/C21H17ClFNO3/c22-19-10-9-17(11-18(19)21(25)26)24-12-15-3-1-2-4-20(15)27-13-14-5-7-16(23)8-6-14/h1-11,24H,12-13H2,(H,25,26). The largest absolute Gasteiger partial charge is 0.489 e. The number of aromatic carboxylic acids is 1. The summed E-state index contributed by atoms with van der Waals surface area (Å²) in [5.74, 6) is -0.666. The fourth-order valence-electron chi connectivity index (χ4n) is 2.53. The van der Waals surface area contributed by atoms with Crippen LogP contribution in [0.5, 0.6) is 5.75 Å². The Labute approximate surface area is 161 Å². The van der Waals surface area contributed by atoms with Crippen molar-refractivity contribution in [2.24, 2.45) is 0 Å². The Kier molecular flexibility index (Phi) is 5.94. The summed E-state index contributed by atoms with van der Waals surface area (Å²) < 4.78 is 18.8. The number of anilines is 1. The van der Waals surface area contributed by atoms with Crippen molar-refractivity contribution in [2.75, 3.05) is 5.32 Å². The molecule has 0 aliphatic heterocycles. The summed E-state index contributed by atoms with van der Waals surface area (Å²) >= 11 is 5.89. The zero-order chi connectivity index (χ0) is 19.2. The lowest BCUT2D eigenvalue weighted by molar-refractivity contribution is 0.0697. The van der Waals surface area contributed by atoms with Crippen molar-refractivity contribution >= 4 is 23.3 Å². The molecule has 0 spiro atoms. The number of hydrogen-bond acceptors (Lipinski definition) is 3. The molecule has 0 heterocycles. The topological polar surface area (TPSA) is 58.6 Å². The molecule has 3 aromatic carbocycles. The molecule has 2 N–H and O–H groups in total. The maximum Gasteiger partial charge on any atom is 0.337 e. The summed E-state index contributed by atoms with van der Waals surface area (Å²) in [5.41, 5.74) is 2.46. The zero-order valence-corrected chi connectivity index (χ0v) is 15.0. The average molecular weight is 386 g/mol. The van der Waals surface area contributed by atoms with Gasteiger partial charge in [-0.2, -0.15) is 0 Å². The number of carboxylic acids is 1. The third kappa shape index (κ3) is 4.99. The van der Waals surface area contributed by atoms with Gasteiger partial charge in [-0.05, 0) is 42.0 Å². The maximum atomic E-state index is 13.0. The van der Waals surface area contributed by atoms with Crippen molar-refractivity contribution in [1.29, 1.82) is 0 Å². The number of para-hydroxylation sites is 1. The van der Waals surface area contributed by atoms with E-state index in [1.54, 1.807) is 24.3 Å². The van der Waals surface area contributed by atoms with Crippen molar-refractivity contribution in [1.82, 2.24) is 0 Å². The van der Waals surface area contributed by atoms with Crippen molar-refractivity contribution in [3.05, 3.63) is 94.3 Å². The SMILES string of the molecule is O=C(O)c1cc(NCc2ccccc2OCc2ccc(F)cc2)ccc1Cl. The van der Waals surface area contributed by atoms with Crippen LogP contribution in [0.3, 0.4) is 0 Å². The number of halogens is 2. The van der Waals surface area contributed by atoms with Gasteiger partial charge in [0.05, 0.1) is 10.6 Å². The third-order valence-electron chi connectivity index (χ3n) is 3.96. The molecule has 27 heavy (non-hydrogen) atoms. The lowest BCUT2D eigenvalue weighted by Crippen LogP contribution is -2.05. The van der Waals surface area contributed by atoms with Crippen LogP contribution >= 0.6 is 11.6 Å². The minimum absolute atomic E-state index is 0.0440.